The van der Waals surface area contributed by atoms with Crippen molar-refractivity contribution in [2.75, 3.05) is 72.1 Å². The quantitative estimate of drug-likeness (QED) is 0.595. The second-order valence-electron chi connectivity index (χ2n) is 7.17. The Hall–Kier alpha value is -0.850. The lowest BCUT2D eigenvalue weighted by Crippen LogP contribution is -2.46. The molecule has 1 unspecified atom stereocenters. The zero-order chi connectivity index (χ0) is 16.6. The second kappa shape index (κ2) is 9.59. The van der Waals surface area contributed by atoms with Crippen LogP contribution in [0.25, 0.3) is 0 Å². The number of guanidine groups is 1. The summed E-state index contributed by atoms with van der Waals surface area (Å²) in [5, 5.41) is 3.50. The maximum atomic E-state index is 5.49. The molecule has 0 radical (unpaired) electrons. The maximum absolute atomic E-state index is 5.49. The highest BCUT2D eigenvalue weighted by Gasteiger charge is 2.30. The van der Waals surface area contributed by atoms with Crippen molar-refractivity contribution in [3.8, 4) is 0 Å². The average molecular weight is 338 g/mol. The summed E-state index contributed by atoms with van der Waals surface area (Å²) < 4.78 is 5.49. The van der Waals surface area contributed by atoms with Crippen LogP contribution in [0.1, 0.15) is 32.6 Å². The predicted molar refractivity (Wildman–Crippen MR) is 98.6 cm³/mol. The van der Waals surface area contributed by atoms with E-state index in [1.54, 1.807) is 0 Å². The van der Waals surface area contributed by atoms with Crippen molar-refractivity contribution < 1.29 is 4.74 Å². The van der Waals surface area contributed by atoms with Crippen LogP contribution in [0, 0.1) is 0 Å². The van der Waals surface area contributed by atoms with Crippen molar-refractivity contribution in [1.82, 2.24) is 20.0 Å². The van der Waals surface area contributed by atoms with E-state index in [0.717, 1.165) is 65.0 Å². The van der Waals surface area contributed by atoms with E-state index in [-0.39, 0.29) is 0 Å². The first-order chi connectivity index (χ1) is 11.9. The lowest BCUT2D eigenvalue weighted by atomic mass is 10.1. The maximum Gasteiger partial charge on any atom is 0.194 e. The van der Waals surface area contributed by atoms with Gasteiger partial charge in [0.1, 0.15) is 0 Å². The zero-order valence-electron chi connectivity index (χ0n) is 15.4. The number of morpholine rings is 1. The Balaban J connectivity index is 1.48. The third-order valence-corrected chi connectivity index (χ3v) is 5.49. The molecule has 0 spiro atoms. The first-order valence-corrected chi connectivity index (χ1v) is 9.94. The van der Waals surface area contributed by atoms with E-state index < -0.39 is 0 Å². The first-order valence-electron chi connectivity index (χ1n) is 9.94. The van der Waals surface area contributed by atoms with Crippen LogP contribution in [0.4, 0.5) is 0 Å². The molecule has 3 aliphatic rings. The molecule has 3 aliphatic heterocycles. The minimum atomic E-state index is 0.667. The van der Waals surface area contributed by atoms with Gasteiger partial charge in [0, 0.05) is 45.3 Å². The van der Waals surface area contributed by atoms with Crippen molar-refractivity contribution in [2.45, 2.75) is 38.6 Å². The number of nitrogens with one attached hydrogen (secondary N) is 1. The molecule has 6 heteroatoms. The van der Waals surface area contributed by atoms with Crippen LogP contribution in [0.3, 0.4) is 0 Å². The molecule has 1 N–H and O–H groups in total. The third-order valence-electron chi connectivity index (χ3n) is 5.49. The summed E-state index contributed by atoms with van der Waals surface area (Å²) >= 11 is 0. The summed E-state index contributed by atoms with van der Waals surface area (Å²) in [6, 6.07) is 0.667. The summed E-state index contributed by atoms with van der Waals surface area (Å²) in [4.78, 5) is 12.5. The molecule has 0 aromatic heterocycles. The standard InChI is InChI=1S/C18H35N5O/c1-2-19-18(20-7-11-21-8-4-3-5-9-21)23-10-6-17(16-23)22-12-14-24-15-13-22/h17H,2-16H2,1H3,(H,19,20). The number of aliphatic imine (C=N–C) groups is 1. The molecule has 0 amide bonds. The van der Waals surface area contributed by atoms with Crippen LogP contribution >= 0.6 is 0 Å². The number of ether oxygens (including phenoxy) is 1. The fraction of sp³-hybridized carbons (Fsp3) is 0.944. The molecule has 0 saturated carbocycles. The lowest BCUT2D eigenvalue weighted by molar-refractivity contribution is 0.0195. The van der Waals surface area contributed by atoms with Gasteiger partial charge in [-0.1, -0.05) is 6.42 Å². The van der Waals surface area contributed by atoms with Gasteiger partial charge in [-0.05, 0) is 39.3 Å². The largest absolute Gasteiger partial charge is 0.379 e. The second-order valence-corrected chi connectivity index (χ2v) is 7.17. The van der Waals surface area contributed by atoms with Crippen molar-refractivity contribution in [1.29, 1.82) is 0 Å². The van der Waals surface area contributed by atoms with Gasteiger partial charge in [-0.15, -0.1) is 0 Å². The Labute approximate surface area is 147 Å². The van der Waals surface area contributed by atoms with Gasteiger partial charge in [0.05, 0.1) is 19.8 Å². The minimum Gasteiger partial charge on any atom is -0.379 e. The molecule has 1 atom stereocenters. The molecule has 3 rings (SSSR count). The highest BCUT2D eigenvalue weighted by atomic mass is 16.5. The fourth-order valence-electron chi connectivity index (χ4n) is 4.08. The van der Waals surface area contributed by atoms with Gasteiger partial charge < -0.3 is 19.9 Å². The Morgan fingerprint density at radius 1 is 1.08 bits per heavy atom. The summed E-state index contributed by atoms with van der Waals surface area (Å²) in [6.07, 6.45) is 5.37. The van der Waals surface area contributed by atoms with Crippen molar-refractivity contribution in [3.05, 3.63) is 0 Å². The van der Waals surface area contributed by atoms with Crippen LogP contribution < -0.4 is 5.32 Å². The highest BCUT2D eigenvalue weighted by molar-refractivity contribution is 5.80. The Bertz CT molecular complexity index is 391. The number of hydrogen-bond acceptors (Lipinski definition) is 4. The summed E-state index contributed by atoms with van der Waals surface area (Å²) in [5.74, 6) is 1.12. The van der Waals surface area contributed by atoms with Crippen LogP contribution in [-0.2, 0) is 4.74 Å². The molecule has 3 heterocycles. The summed E-state index contributed by atoms with van der Waals surface area (Å²) in [7, 11) is 0. The van der Waals surface area contributed by atoms with E-state index in [4.69, 9.17) is 9.73 Å². The van der Waals surface area contributed by atoms with Crippen LogP contribution in [-0.4, -0.2) is 98.8 Å². The fourth-order valence-corrected chi connectivity index (χ4v) is 4.08. The predicted octanol–water partition coefficient (Wildman–Crippen LogP) is 0.844. The molecule has 0 aromatic rings. The number of rotatable bonds is 5. The molecule has 3 saturated heterocycles. The van der Waals surface area contributed by atoms with E-state index in [9.17, 15) is 0 Å². The van der Waals surface area contributed by atoms with E-state index in [1.807, 2.05) is 0 Å². The Morgan fingerprint density at radius 2 is 1.88 bits per heavy atom. The number of likely N-dealkylation sites (tertiary alicyclic amines) is 2. The first kappa shape index (κ1) is 18.0. The molecule has 6 nitrogen and oxygen atoms in total. The van der Waals surface area contributed by atoms with Gasteiger partial charge in [-0.25, -0.2) is 0 Å². The normalized spacial score (nSPS) is 27.6. The zero-order valence-corrected chi connectivity index (χ0v) is 15.4. The molecule has 3 fully saturated rings. The van der Waals surface area contributed by atoms with E-state index >= 15 is 0 Å². The molecular formula is C18H35N5O. The smallest absolute Gasteiger partial charge is 0.194 e. The Kier molecular flexibility index (Phi) is 7.17. The van der Waals surface area contributed by atoms with Gasteiger partial charge >= 0.3 is 0 Å². The summed E-state index contributed by atoms with van der Waals surface area (Å²) in [5.41, 5.74) is 0. The monoisotopic (exact) mass is 337 g/mol. The van der Waals surface area contributed by atoms with Crippen LogP contribution in [0.2, 0.25) is 0 Å². The molecule has 0 bridgehead atoms. The highest BCUT2D eigenvalue weighted by Crippen LogP contribution is 2.17. The summed E-state index contributed by atoms with van der Waals surface area (Å²) in [6.45, 7) is 13.8. The van der Waals surface area contributed by atoms with Gasteiger partial charge in [0.25, 0.3) is 0 Å². The van der Waals surface area contributed by atoms with Crippen molar-refractivity contribution >= 4 is 5.96 Å². The number of nitrogens with zero attached hydrogens (tertiary/aromatic N) is 4. The van der Waals surface area contributed by atoms with Gasteiger partial charge in [-0.3, -0.25) is 9.89 Å². The lowest BCUT2D eigenvalue weighted by Gasteiger charge is -2.32. The van der Waals surface area contributed by atoms with Crippen molar-refractivity contribution in [3.63, 3.8) is 0 Å². The van der Waals surface area contributed by atoms with E-state index in [1.165, 1.54) is 38.8 Å². The van der Waals surface area contributed by atoms with Gasteiger partial charge in [0.2, 0.25) is 0 Å². The van der Waals surface area contributed by atoms with E-state index in [2.05, 4.69) is 26.9 Å². The topological polar surface area (TPSA) is 43.3 Å². The van der Waals surface area contributed by atoms with Crippen LogP contribution in [0.15, 0.2) is 4.99 Å². The third kappa shape index (κ3) is 5.07. The molecular weight excluding hydrogens is 302 g/mol. The SMILES string of the molecule is CCNC(=NCCN1CCCCC1)N1CCC(N2CCOCC2)C1. The molecule has 0 aliphatic carbocycles. The van der Waals surface area contributed by atoms with Crippen LogP contribution in [0.5, 0.6) is 0 Å². The van der Waals surface area contributed by atoms with Gasteiger partial charge in [-0.2, -0.15) is 0 Å². The van der Waals surface area contributed by atoms with E-state index in [0.29, 0.717) is 6.04 Å². The van der Waals surface area contributed by atoms with Gasteiger partial charge in [0.15, 0.2) is 5.96 Å². The molecule has 0 aromatic carbocycles. The number of piperidine rings is 1. The molecule has 24 heavy (non-hydrogen) atoms. The Morgan fingerprint density at radius 3 is 2.62 bits per heavy atom. The number of hydrogen-bond donors (Lipinski definition) is 1. The average Bonchev–Trinajstić information content (AvgIpc) is 3.13. The molecule has 138 valence electrons. The van der Waals surface area contributed by atoms with Crippen molar-refractivity contribution in [2.24, 2.45) is 4.99 Å². The minimum absolute atomic E-state index is 0.667.